The maximum atomic E-state index is 4.06. The molecule has 0 saturated carbocycles. The fourth-order valence-corrected chi connectivity index (χ4v) is 2.48. The predicted molar refractivity (Wildman–Crippen MR) is 73.0 cm³/mol. The van der Waals surface area contributed by atoms with Crippen LogP contribution < -0.4 is 5.32 Å². The van der Waals surface area contributed by atoms with Gasteiger partial charge in [0.25, 0.3) is 0 Å². The number of aromatic nitrogens is 1. The number of hydrogen-bond acceptors (Lipinski definition) is 3. The number of nitrogens with one attached hydrogen (secondary N) is 1. The summed E-state index contributed by atoms with van der Waals surface area (Å²) in [6.45, 7) is 3.01. The standard InChI is InChI=1S/C12H13BrN2S/c1-2-9-5-10(13)3-4-12(9)15-7-11-6-14-8-16-11/h3-6,8,15H,2,7H2,1H3. The summed E-state index contributed by atoms with van der Waals surface area (Å²) in [5.74, 6) is 0. The van der Waals surface area contributed by atoms with Gasteiger partial charge in [0.15, 0.2) is 0 Å². The summed E-state index contributed by atoms with van der Waals surface area (Å²) in [5.41, 5.74) is 4.40. The smallest absolute Gasteiger partial charge is 0.0794 e. The quantitative estimate of drug-likeness (QED) is 0.919. The molecule has 0 aliphatic heterocycles. The summed E-state index contributed by atoms with van der Waals surface area (Å²) in [6.07, 6.45) is 2.94. The van der Waals surface area contributed by atoms with Crippen molar-refractivity contribution in [3.63, 3.8) is 0 Å². The van der Waals surface area contributed by atoms with Crippen LogP contribution >= 0.6 is 27.3 Å². The van der Waals surface area contributed by atoms with Crippen LogP contribution in [0.4, 0.5) is 5.69 Å². The molecule has 0 amide bonds. The molecule has 1 heterocycles. The zero-order valence-electron chi connectivity index (χ0n) is 9.03. The van der Waals surface area contributed by atoms with Crippen molar-refractivity contribution in [1.82, 2.24) is 4.98 Å². The lowest BCUT2D eigenvalue weighted by Gasteiger charge is -2.10. The Morgan fingerprint density at radius 1 is 1.44 bits per heavy atom. The molecule has 1 aromatic heterocycles. The number of benzene rings is 1. The number of halogens is 1. The Bertz CT molecular complexity index is 454. The van der Waals surface area contributed by atoms with Crippen molar-refractivity contribution in [2.24, 2.45) is 0 Å². The molecule has 1 aromatic carbocycles. The van der Waals surface area contributed by atoms with E-state index < -0.39 is 0 Å². The number of thiazole rings is 1. The largest absolute Gasteiger partial charge is 0.380 e. The Balaban J connectivity index is 2.09. The lowest BCUT2D eigenvalue weighted by atomic mass is 10.1. The second-order valence-corrected chi connectivity index (χ2v) is 5.36. The molecular formula is C12H13BrN2S. The predicted octanol–water partition coefficient (Wildman–Crippen LogP) is 4.08. The molecule has 0 aliphatic carbocycles. The Kier molecular flexibility index (Phi) is 3.96. The molecule has 0 saturated heterocycles. The summed E-state index contributed by atoms with van der Waals surface area (Å²) in [5, 5.41) is 3.44. The molecule has 0 atom stereocenters. The number of hydrogen-bond donors (Lipinski definition) is 1. The number of nitrogens with zero attached hydrogens (tertiary/aromatic N) is 1. The van der Waals surface area contributed by atoms with Crippen LogP contribution in [0.3, 0.4) is 0 Å². The first-order chi connectivity index (χ1) is 7.79. The van der Waals surface area contributed by atoms with Crippen LogP contribution in [0.1, 0.15) is 17.4 Å². The zero-order valence-corrected chi connectivity index (χ0v) is 11.4. The summed E-state index contributed by atoms with van der Waals surface area (Å²) in [4.78, 5) is 5.32. The Hall–Kier alpha value is -0.870. The van der Waals surface area contributed by atoms with Gasteiger partial charge in [-0.25, -0.2) is 0 Å². The van der Waals surface area contributed by atoms with E-state index in [-0.39, 0.29) is 0 Å². The molecule has 2 rings (SSSR count). The van der Waals surface area contributed by atoms with E-state index in [1.54, 1.807) is 11.3 Å². The van der Waals surface area contributed by atoms with Crippen LogP contribution in [-0.4, -0.2) is 4.98 Å². The van der Waals surface area contributed by atoms with Gasteiger partial charge in [-0.2, -0.15) is 0 Å². The van der Waals surface area contributed by atoms with Crippen LogP contribution in [-0.2, 0) is 13.0 Å². The van der Waals surface area contributed by atoms with Crippen LogP contribution in [0, 0.1) is 0 Å². The highest BCUT2D eigenvalue weighted by Gasteiger charge is 2.01. The van der Waals surface area contributed by atoms with Gasteiger partial charge in [0.1, 0.15) is 0 Å². The van der Waals surface area contributed by atoms with E-state index in [0.29, 0.717) is 0 Å². The Morgan fingerprint density at radius 2 is 2.31 bits per heavy atom. The average molecular weight is 297 g/mol. The van der Waals surface area contributed by atoms with Crippen molar-refractivity contribution in [2.45, 2.75) is 19.9 Å². The van der Waals surface area contributed by atoms with Gasteiger partial charge >= 0.3 is 0 Å². The summed E-state index contributed by atoms with van der Waals surface area (Å²) in [7, 11) is 0. The maximum absolute atomic E-state index is 4.06. The van der Waals surface area contributed by atoms with Crippen LogP contribution in [0.25, 0.3) is 0 Å². The van der Waals surface area contributed by atoms with Crippen molar-refractivity contribution in [1.29, 1.82) is 0 Å². The van der Waals surface area contributed by atoms with E-state index in [4.69, 9.17) is 0 Å². The molecule has 2 nitrogen and oxygen atoms in total. The Labute approximate surface area is 108 Å². The van der Waals surface area contributed by atoms with Crippen molar-refractivity contribution in [3.05, 3.63) is 44.8 Å². The Morgan fingerprint density at radius 3 is 3.00 bits per heavy atom. The molecule has 0 bridgehead atoms. The molecule has 84 valence electrons. The van der Waals surface area contributed by atoms with Gasteiger partial charge in [-0.3, -0.25) is 4.98 Å². The van der Waals surface area contributed by atoms with E-state index >= 15 is 0 Å². The molecule has 4 heteroatoms. The minimum atomic E-state index is 0.847. The molecular weight excluding hydrogens is 284 g/mol. The van der Waals surface area contributed by atoms with E-state index in [0.717, 1.165) is 17.4 Å². The second kappa shape index (κ2) is 5.46. The number of rotatable bonds is 4. The zero-order chi connectivity index (χ0) is 11.4. The van der Waals surface area contributed by atoms with Gasteiger partial charge in [0.2, 0.25) is 0 Å². The van der Waals surface area contributed by atoms with E-state index in [1.165, 1.54) is 16.1 Å². The minimum absolute atomic E-state index is 0.847. The topological polar surface area (TPSA) is 24.9 Å². The fraction of sp³-hybridized carbons (Fsp3) is 0.250. The van der Waals surface area contributed by atoms with Crippen molar-refractivity contribution < 1.29 is 0 Å². The second-order valence-electron chi connectivity index (χ2n) is 3.48. The highest BCUT2D eigenvalue weighted by Crippen LogP contribution is 2.22. The SMILES string of the molecule is CCc1cc(Br)ccc1NCc1cncs1. The van der Waals surface area contributed by atoms with Crippen LogP contribution in [0.5, 0.6) is 0 Å². The van der Waals surface area contributed by atoms with E-state index in [2.05, 4.69) is 51.4 Å². The number of aryl methyl sites for hydroxylation is 1. The minimum Gasteiger partial charge on any atom is -0.380 e. The third-order valence-corrected chi connectivity index (χ3v) is 3.66. The molecule has 0 unspecified atom stereocenters. The van der Waals surface area contributed by atoms with E-state index in [9.17, 15) is 0 Å². The highest BCUT2D eigenvalue weighted by atomic mass is 79.9. The van der Waals surface area contributed by atoms with Gasteiger partial charge in [-0.15, -0.1) is 11.3 Å². The van der Waals surface area contributed by atoms with Crippen LogP contribution in [0.2, 0.25) is 0 Å². The first-order valence-corrected chi connectivity index (χ1v) is 6.86. The lowest BCUT2D eigenvalue weighted by molar-refractivity contribution is 1.10. The third kappa shape index (κ3) is 2.83. The van der Waals surface area contributed by atoms with Gasteiger partial charge < -0.3 is 5.32 Å². The summed E-state index contributed by atoms with van der Waals surface area (Å²) < 4.78 is 1.13. The molecule has 16 heavy (non-hydrogen) atoms. The molecule has 2 aromatic rings. The molecule has 0 aliphatic rings. The van der Waals surface area contributed by atoms with Gasteiger partial charge in [0.05, 0.1) is 12.1 Å². The lowest BCUT2D eigenvalue weighted by Crippen LogP contribution is -2.00. The molecule has 0 spiro atoms. The summed E-state index contributed by atoms with van der Waals surface area (Å²) >= 11 is 5.17. The highest BCUT2D eigenvalue weighted by molar-refractivity contribution is 9.10. The van der Waals surface area contributed by atoms with E-state index in [1.807, 2.05) is 11.7 Å². The maximum Gasteiger partial charge on any atom is 0.0794 e. The van der Waals surface area contributed by atoms with Crippen molar-refractivity contribution in [3.8, 4) is 0 Å². The first-order valence-electron chi connectivity index (χ1n) is 5.19. The fourth-order valence-electron chi connectivity index (χ4n) is 1.54. The van der Waals surface area contributed by atoms with Crippen LogP contribution in [0.15, 0.2) is 34.4 Å². The third-order valence-electron chi connectivity index (χ3n) is 2.38. The van der Waals surface area contributed by atoms with Gasteiger partial charge in [0, 0.05) is 21.2 Å². The summed E-state index contributed by atoms with van der Waals surface area (Å²) in [6, 6.07) is 6.34. The molecule has 1 N–H and O–H groups in total. The molecule has 0 fully saturated rings. The van der Waals surface area contributed by atoms with Crippen molar-refractivity contribution >= 4 is 33.0 Å². The molecule has 0 radical (unpaired) electrons. The monoisotopic (exact) mass is 296 g/mol. The van der Waals surface area contributed by atoms with Gasteiger partial charge in [-0.05, 0) is 30.2 Å². The van der Waals surface area contributed by atoms with Crippen molar-refractivity contribution in [2.75, 3.05) is 5.32 Å². The van der Waals surface area contributed by atoms with Gasteiger partial charge in [-0.1, -0.05) is 22.9 Å². The average Bonchev–Trinajstić information content (AvgIpc) is 2.80. The normalized spacial score (nSPS) is 10.4. The number of anilines is 1. The first kappa shape index (κ1) is 11.6.